The molecule has 1 amide bonds. The number of nitriles is 1. The van der Waals surface area contributed by atoms with Gasteiger partial charge in [-0.1, -0.05) is 11.3 Å². The number of aryl methyl sites for hydroxylation is 2. The van der Waals surface area contributed by atoms with Crippen LogP contribution in [0.25, 0.3) is 11.4 Å². The highest BCUT2D eigenvalue weighted by atomic mass is 19.1. The molecule has 0 saturated carbocycles. The Morgan fingerprint density at radius 3 is 2.73 bits per heavy atom. The summed E-state index contributed by atoms with van der Waals surface area (Å²) in [6.07, 6.45) is 3.21. The topological polar surface area (TPSA) is 147 Å². The largest absolute Gasteiger partial charge is 0.486 e. The molecule has 13 heteroatoms. The summed E-state index contributed by atoms with van der Waals surface area (Å²) in [5, 5.41) is 24.1. The van der Waals surface area contributed by atoms with Crippen molar-refractivity contribution < 1.29 is 13.9 Å². The minimum Gasteiger partial charge on any atom is -0.486 e. The summed E-state index contributed by atoms with van der Waals surface area (Å²) in [6.45, 7) is 4.37. The van der Waals surface area contributed by atoms with Gasteiger partial charge >= 0.3 is 0 Å². The first kappa shape index (κ1) is 29.1. The molecular formula is C31H33FN10O2. The number of likely N-dealkylation sites (tertiary alicyclic amines) is 1. The van der Waals surface area contributed by atoms with Gasteiger partial charge < -0.3 is 20.3 Å². The zero-order valence-corrected chi connectivity index (χ0v) is 24.6. The van der Waals surface area contributed by atoms with Crippen LogP contribution in [0.5, 0.6) is 5.75 Å². The van der Waals surface area contributed by atoms with Gasteiger partial charge in [0.15, 0.2) is 17.7 Å². The summed E-state index contributed by atoms with van der Waals surface area (Å²) in [5.74, 6) is 1.21. The van der Waals surface area contributed by atoms with Crippen LogP contribution < -0.4 is 15.4 Å². The van der Waals surface area contributed by atoms with Crippen LogP contribution in [-0.4, -0.2) is 79.2 Å². The maximum absolute atomic E-state index is 15.1. The molecule has 2 aromatic heterocycles. The van der Waals surface area contributed by atoms with E-state index in [0.29, 0.717) is 29.8 Å². The number of amides is 1. The first-order valence-electron chi connectivity index (χ1n) is 14.7. The normalized spacial score (nSPS) is 18.9. The Bertz CT molecular complexity index is 1700. The quantitative estimate of drug-likeness (QED) is 0.324. The van der Waals surface area contributed by atoms with E-state index in [-0.39, 0.29) is 35.9 Å². The second kappa shape index (κ2) is 12.7. The van der Waals surface area contributed by atoms with Gasteiger partial charge in [-0.3, -0.25) is 9.48 Å². The first-order chi connectivity index (χ1) is 21.4. The minimum absolute atomic E-state index is 0.138. The van der Waals surface area contributed by atoms with Gasteiger partial charge in [-0.05, 0) is 80.2 Å². The average Bonchev–Trinajstić information content (AvgIpc) is 3.48. The number of benzene rings is 2. The lowest BCUT2D eigenvalue weighted by Crippen LogP contribution is -2.49. The van der Waals surface area contributed by atoms with Crippen molar-refractivity contribution in [3.05, 3.63) is 71.3 Å². The van der Waals surface area contributed by atoms with E-state index < -0.39 is 12.3 Å². The molecule has 2 saturated heterocycles. The van der Waals surface area contributed by atoms with Crippen molar-refractivity contribution in [2.45, 2.75) is 44.4 Å². The van der Waals surface area contributed by atoms with Crippen LogP contribution in [0.1, 0.15) is 52.4 Å². The maximum Gasteiger partial charge on any atom is 0.276 e. The zero-order chi connectivity index (χ0) is 30.6. The van der Waals surface area contributed by atoms with Gasteiger partial charge in [-0.2, -0.15) is 10.2 Å². The van der Waals surface area contributed by atoms with Gasteiger partial charge in [0, 0.05) is 31.3 Å². The van der Waals surface area contributed by atoms with Crippen molar-refractivity contribution >= 4 is 17.5 Å². The highest BCUT2D eigenvalue weighted by Gasteiger charge is 2.34. The summed E-state index contributed by atoms with van der Waals surface area (Å²) in [6, 6.07) is 13.4. The molecule has 0 radical (unpaired) electrons. The second-order valence-corrected chi connectivity index (χ2v) is 11.2. The maximum atomic E-state index is 15.1. The molecular weight excluding hydrogens is 563 g/mol. The first-order valence-corrected chi connectivity index (χ1v) is 14.7. The molecule has 6 rings (SSSR count). The fourth-order valence-corrected chi connectivity index (χ4v) is 5.80. The number of aromatic nitrogens is 6. The van der Waals surface area contributed by atoms with Gasteiger partial charge in [0.05, 0.1) is 18.3 Å². The van der Waals surface area contributed by atoms with E-state index in [9.17, 15) is 10.1 Å². The van der Waals surface area contributed by atoms with Gasteiger partial charge in [0.2, 0.25) is 5.95 Å². The van der Waals surface area contributed by atoms with Gasteiger partial charge in [-0.25, -0.2) is 14.4 Å². The number of alkyl halides is 1. The smallest absolute Gasteiger partial charge is 0.276 e. The van der Waals surface area contributed by atoms with Crippen LogP contribution in [0.2, 0.25) is 0 Å². The Balaban J connectivity index is 1.12. The number of hydrogen-bond donors (Lipinski definition) is 2. The van der Waals surface area contributed by atoms with E-state index in [1.165, 1.54) is 33.2 Å². The van der Waals surface area contributed by atoms with Gasteiger partial charge in [0.1, 0.15) is 24.3 Å². The summed E-state index contributed by atoms with van der Waals surface area (Å²) in [5.41, 5.74) is 4.47. The monoisotopic (exact) mass is 596 g/mol. The van der Waals surface area contributed by atoms with Crippen LogP contribution in [-0.2, 0) is 7.05 Å². The number of halogens is 1. The van der Waals surface area contributed by atoms with Crippen LogP contribution in [0, 0.1) is 18.3 Å². The van der Waals surface area contributed by atoms with Gasteiger partial charge in [0.25, 0.3) is 5.91 Å². The number of nitrogens with zero attached hydrogens (tertiary/aromatic N) is 8. The lowest BCUT2D eigenvalue weighted by atomic mass is 9.87. The van der Waals surface area contributed by atoms with Crippen molar-refractivity contribution in [2.24, 2.45) is 7.05 Å². The Labute approximate surface area is 254 Å². The third-order valence-corrected chi connectivity index (χ3v) is 8.10. The van der Waals surface area contributed by atoms with Crippen molar-refractivity contribution in [3.8, 4) is 23.2 Å². The molecule has 2 atom stereocenters. The Morgan fingerprint density at radius 2 is 2.00 bits per heavy atom. The summed E-state index contributed by atoms with van der Waals surface area (Å²) < 4.78 is 22.5. The molecule has 44 heavy (non-hydrogen) atoms. The van der Waals surface area contributed by atoms with E-state index in [2.05, 4.69) is 61.0 Å². The number of ether oxygens (including phenoxy) is 1. The summed E-state index contributed by atoms with van der Waals surface area (Å²) in [4.78, 5) is 27.2. The molecule has 0 bridgehead atoms. The van der Waals surface area contributed by atoms with E-state index in [1.807, 2.05) is 6.07 Å². The third kappa shape index (κ3) is 6.35. The Hall–Kier alpha value is -4.96. The summed E-state index contributed by atoms with van der Waals surface area (Å²) >= 11 is 0. The predicted octanol–water partition coefficient (Wildman–Crippen LogP) is 3.69. The number of piperidine rings is 2. The SMILES string of the molecule is Cc1cc(Nc2ncnc(-c3ccc(O[C@H]4CCN(C(=O)c5cn(C)nn5)C[C@H]4F)c(C#N)c3)n2)ccc1C1CCNCC1. The highest BCUT2D eigenvalue weighted by molar-refractivity contribution is 5.92. The van der Waals surface area contributed by atoms with Crippen molar-refractivity contribution in [2.75, 3.05) is 31.5 Å². The highest BCUT2D eigenvalue weighted by Crippen LogP contribution is 2.31. The zero-order valence-electron chi connectivity index (χ0n) is 24.6. The lowest BCUT2D eigenvalue weighted by Gasteiger charge is -2.34. The Kier molecular flexibility index (Phi) is 8.42. The van der Waals surface area contributed by atoms with Crippen LogP contribution in [0.3, 0.4) is 0 Å². The Morgan fingerprint density at radius 1 is 1.16 bits per heavy atom. The number of hydrogen-bond acceptors (Lipinski definition) is 10. The van der Waals surface area contributed by atoms with E-state index in [4.69, 9.17) is 4.74 Å². The predicted molar refractivity (Wildman–Crippen MR) is 160 cm³/mol. The van der Waals surface area contributed by atoms with Crippen LogP contribution in [0.15, 0.2) is 48.9 Å². The fraction of sp³-hybridized carbons (Fsp3) is 0.387. The second-order valence-electron chi connectivity index (χ2n) is 11.2. The molecule has 0 aliphatic carbocycles. The van der Waals surface area contributed by atoms with Crippen molar-refractivity contribution in [3.63, 3.8) is 0 Å². The molecule has 4 heterocycles. The van der Waals surface area contributed by atoms with Gasteiger partial charge in [-0.15, -0.1) is 5.10 Å². The fourth-order valence-electron chi connectivity index (χ4n) is 5.80. The number of carbonyl (C=O) groups is 1. The average molecular weight is 597 g/mol. The molecule has 2 aliphatic heterocycles. The minimum atomic E-state index is -1.44. The molecule has 12 nitrogen and oxygen atoms in total. The molecule has 2 aliphatic rings. The molecule has 0 spiro atoms. The van der Waals surface area contributed by atoms with Crippen molar-refractivity contribution in [1.82, 2.24) is 40.2 Å². The van der Waals surface area contributed by atoms with Crippen LogP contribution >= 0.6 is 0 Å². The molecule has 0 unspecified atom stereocenters. The molecule has 4 aromatic rings. The molecule has 226 valence electrons. The standard InChI is InChI=1S/C31H33FN10O2/c1-19-13-23(4-5-24(19)20-7-10-34-11-8-20)37-31-36-18-35-29(38-31)21-3-6-27(22(14-21)15-33)44-28-9-12-42(16-25(28)32)30(43)26-17-41(2)40-39-26/h3-6,13-14,17-18,20,25,28,34H,7-12,16H2,1-2H3,(H,35,36,37,38)/t25-,28+/m1/s1. The third-order valence-electron chi connectivity index (χ3n) is 8.10. The lowest BCUT2D eigenvalue weighted by molar-refractivity contribution is 0.0198. The molecule has 2 aromatic carbocycles. The molecule has 2 fully saturated rings. The summed E-state index contributed by atoms with van der Waals surface area (Å²) in [7, 11) is 1.66. The molecule has 2 N–H and O–H groups in total. The number of carbonyl (C=O) groups excluding carboxylic acids is 1. The van der Waals surface area contributed by atoms with Crippen molar-refractivity contribution in [1.29, 1.82) is 5.26 Å². The number of anilines is 2. The van der Waals surface area contributed by atoms with E-state index in [1.54, 1.807) is 25.2 Å². The van der Waals surface area contributed by atoms with Crippen LogP contribution in [0.4, 0.5) is 16.0 Å². The van der Waals surface area contributed by atoms with E-state index >= 15 is 4.39 Å². The van der Waals surface area contributed by atoms with E-state index in [0.717, 1.165) is 31.6 Å². The number of rotatable bonds is 7. The number of nitrogens with one attached hydrogen (secondary N) is 2.